The maximum atomic E-state index is 13.0. The molecule has 0 radical (unpaired) electrons. The summed E-state index contributed by atoms with van der Waals surface area (Å²) < 4.78 is 13.0. The summed E-state index contributed by atoms with van der Waals surface area (Å²) in [6, 6.07) is 4.17. The first-order valence-electron chi connectivity index (χ1n) is 6.70. The van der Waals surface area contributed by atoms with E-state index in [1.807, 2.05) is 7.05 Å². The molecule has 20 heavy (non-hydrogen) atoms. The van der Waals surface area contributed by atoms with Crippen LogP contribution in [0.2, 0.25) is 5.02 Å². The molecule has 1 saturated heterocycles. The lowest BCUT2D eigenvalue weighted by Crippen LogP contribution is -2.32. The highest BCUT2D eigenvalue weighted by Crippen LogP contribution is 2.20. The van der Waals surface area contributed by atoms with E-state index < -0.39 is 5.82 Å². The van der Waals surface area contributed by atoms with E-state index in [9.17, 15) is 9.18 Å². The summed E-state index contributed by atoms with van der Waals surface area (Å²) in [5, 5.41) is 5.91. The van der Waals surface area contributed by atoms with Gasteiger partial charge in [-0.05, 0) is 50.7 Å². The number of benzene rings is 1. The third kappa shape index (κ3) is 4.16. The average Bonchev–Trinajstić information content (AvgIpc) is 2.81. The predicted octanol–water partition coefficient (Wildman–Crippen LogP) is 1.96. The second-order valence-corrected chi connectivity index (χ2v) is 5.53. The Morgan fingerprint density at radius 3 is 3.05 bits per heavy atom. The Kier molecular flexibility index (Phi) is 5.34. The number of amides is 1. The second-order valence-electron chi connectivity index (χ2n) is 5.12. The van der Waals surface area contributed by atoms with Crippen molar-refractivity contribution in [2.24, 2.45) is 5.92 Å². The Balaban J connectivity index is 1.82. The van der Waals surface area contributed by atoms with Crippen LogP contribution < -0.4 is 10.6 Å². The lowest BCUT2D eigenvalue weighted by atomic mass is 10.1. The molecule has 1 unspecified atom stereocenters. The fourth-order valence-corrected chi connectivity index (χ4v) is 2.67. The number of rotatable bonds is 5. The number of carbonyl (C=O) groups excluding carboxylic acids is 1. The van der Waals surface area contributed by atoms with Gasteiger partial charge in [0.25, 0.3) is 0 Å². The average molecular weight is 300 g/mol. The van der Waals surface area contributed by atoms with Crippen molar-refractivity contribution in [2.75, 3.05) is 38.5 Å². The summed E-state index contributed by atoms with van der Waals surface area (Å²) in [5.74, 6) is 0.0185. The summed E-state index contributed by atoms with van der Waals surface area (Å²) in [4.78, 5) is 14.1. The number of anilines is 1. The molecule has 2 rings (SSSR count). The van der Waals surface area contributed by atoms with Crippen LogP contribution in [0.1, 0.15) is 6.42 Å². The van der Waals surface area contributed by atoms with Gasteiger partial charge in [0, 0.05) is 12.2 Å². The van der Waals surface area contributed by atoms with E-state index in [4.69, 9.17) is 11.6 Å². The van der Waals surface area contributed by atoms with Crippen molar-refractivity contribution in [1.82, 2.24) is 10.2 Å². The molecule has 2 N–H and O–H groups in total. The first kappa shape index (κ1) is 15.2. The molecule has 1 atom stereocenters. The van der Waals surface area contributed by atoms with Crippen LogP contribution in [0.5, 0.6) is 0 Å². The second kappa shape index (κ2) is 7.02. The van der Waals surface area contributed by atoms with Crippen molar-refractivity contribution in [2.45, 2.75) is 6.42 Å². The van der Waals surface area contributed by atoms with Crippen LogP contribution in [-0.4, -0.2) is 44.0 Å². The largest absolute Gasteiger partial charge is 0.325 e. The minimum atomic E-state index is -0.487. The van der Waals surface area contributed by atoms with Crippen LogP contribution in [0, 0.1) is 11.7 Å². The fraction of sp³-hybridized carbons (Fsp3) is 0.500. The molecule has 1 aliphatic heterocycles. The molecule has 110 valence electrons. The molecule has 1 fully saturated rings. The normalized spacial score (nSPS) is 19.2. The third-order valence-electron chi connectivity index (χ3n) is 3.43. The Morgan fingerprint density at radius 2 is 2.35 bits per heavy atom. The smallest absolute Gasteiger partial charge is 0.238 e. The molecular formula is C14H19ClFN3O. The minimum absolute atomic E-state index is 0.0121. The van der Waals surface area contributed by atoms with Gasteiger partial charge in [-0.2, -0.15) is 0 Å². The van der Waals surface area contributed by atoms with Crippen LogP contribution in [-0.2, 0) is 4.79 Å². The maximum Gasteiger partial charge on any atom is 0.238 e. The third-order valence-corrected chi connectivity index (χ3v) is 3.72. The number of nitrogens with zero attached hydrogens (tertiary/aromatic N) is 1. The van der Waals surface area contributed by atoms with Crippen molar-refractivity contribution in [3.63, 3.8) is 0 Å². The molecule has 1 heterocycles. The highest BCUT2D eigenvalue weighted by molar-refractivity contribution is 6.31. The molecular weight excluding hydrogens is 281 g/mol. The highest BCUT2D eigenvalue weighted by Gasteiger charge is 2.23. The SMILES string of the molecule is CNCC1CCN(CC(=O)Nc2ccc(F)c(Cl)c2)C1. The lowest BCUT2D eigenvalue weighted by molar-refractivity contribution is -0.117. The van der Waals surface area contributed by atoms with Crippen LogP contribution in [0.4, 0.5) is 10.1 Å². The summed E-state index contributed by atoms with van der Waals surface area (Å²) >= 11 is 5.68. The van der Waals surface area contributed by atoms with Crippen LogP contribution >= 0.6 is 11.6 Å². The molecule has 1 aromatic carbocycles. The van der Waals surface area contributed by atoms with Gasteiger partial charge in [0.15, 0.2) is 0 Å². The van der Waals surface area contributed by atoms with Gasteiger partial charge in [0.2, 0.25) is 5.91 Å². The summed E-state index contributed by atoms with van der Waals surface area (Å²) in [7, 11) is 1.94. The molecule has 0 aliphatic carbocycles. The first-order chi connectivity index (χ1) is 9.58. The highest BCUT2D eigenvalue weighted by atomic mass is 35.5. The number of carbonyl (C=O) groups is 1. The van der Waals surface area contributed by atoms with Crippen LogP contribution in [0.25, 0.3) is 0 Å². The van der Waals surface area contributed by atoms with Gasteiger partial charge in [-0.15, -0.1) is 0 Å². The zero-order chi connectivity index (χ0) is 14.5. The molecule has 4 nitrogen and oxygen atoms in total. The molecule has 6 heteroatoms. The Labute approximate surface area is 123 Å². The lowest BCUT2D eigenvalue weighted by Gasteiger charge is -2.15. The Hall–Kier alpha value is -1.17. The molecule has 1 aliphatic rings. The number of likely N-dealkylation sites (tertiary alicyclic amines) is 1. The van der Waals surface area contributed by atoms with E-state index in [2.05, 4.69) is 15.5 Å². The van der Waals surface area contributed by atoms with Crippen LogP contribution in [0.3, 0.4) is 0 Å². The monoisotopic (exact) mass is 299 g/mol. The maximum absolute atomic E-state index is 13.0. The van der Waals surface area contributed by atoms with E-state index in [1.54, 1.807) is 0 Å². The number of hydrogen-bond acceptors (Lipinski definition) is 3. The van der Waals surface area contributed by atoms with Crippen molar-refractivity contribution in [1.29, 1.82) is 0 Å². The van der Waals surface area contributed by atoms with Gasteiger partial charge in [-0.1, -0.05) is 11.6 Å². The van der Waals surface area contributed by atoms with Crippen molar-refractivity contribution in [3.8, 4) is 0 Å². The van der Waals surface area contributed by atoms with Crippen molar-refractivity contribution >= 4 is 23.2 Å². The molecule has 0 spiro atoms. The van der Waals surface area contributed by atoms with E-state index in [1.165, 1.54) is 18.2 Å². The zero-order valence-electron chi connectivity index (χ0n) is 11.5. The number of hydrogen-bond donors (Lipinski definition) is 2. The predicted molar refractivity (Wildman–Crippen MR) is 78.5 cm³/mol. The molecule has 0 bridgehead atoms. The molecule has 0 aromatic heterocycles. The minimum Gasteiger partial charge on any atom is -0.325 e. The summed E-state index contributed by atoms with van der Waals surface area (Å²) in [6.07, 6.45) is 1.11. The quantitative estimate of drug-likeness (QED) is 0.873. The number of nitrogens with one attached hydrogen (secondary N) is 2. The van der Waals surface area contributed by atoms with Gasteiger partial charge in [0.05, 0.1) is 11.6 Å². The van der Waals surface area contributed by atoms with E-state index in [0.717, 1.165) is 26.1 Å². The molecule has 0 saturated carbocycles. The summed E-state index contributed by atoms with van der Waals surface area (Å²) in [6.45, 7) is 3.20. The topological polar surface area (TPSA) is 44.4 Å². The zero-order valence-corrected chi connectivity index (χ0v) is 12.2. The van der Waals surface area contributed by atoms with Gasteiger partial charge < -0.3 is 10.6 Å². The van der Waals surface area contributed by atoms with Crippen molar-refractivity contribution < 1.29 is 9.18 Å². The molecule has 1 amide bonds. The van der Waals surface area contributed by atoms with Gasteiger partial charge in [-0.3, -0.25) is 9.69 Å². The number of halogens is 2. The first-order valence-corrected chi connectivity index (χ1v) is 7.08. The Bertz CT molecular complexity index is 483. The van der Waals surface area contributed by atoms with E-state index >= 15 is 0 Å². The fourth-order valence-electron chi connectivity index (χ4n) is 2.49. The standard InChI is InChI=1S/C14H19ClFN3O/c1-17-7-10-4-5-19(8-10)9-14(20)18-11-2-3-13(16)12(15)6-11/h2-3,6,10,17H,4-5,7-9H2,1H3,(H,18,20). The Morgan fingerprint density at radius 1 is 1.55 bits per heavy atom. The van der Waals surface area contributed by atoms with Crippen molar-refractivity contribution in [3.05, 3.63) is 29.0 Å². The molecule has 1 aromatic rings. The van der Waals surface area contributed by atoms with E-state index in [-0.39, 0.29) is 10.9 Å². The van der Waals surface area contributed by atoms with Gasteiger partial charge in [-0.25, -0.2) is 4.39 Å². The van der Waals surface area contributed by atoms with E-state index in [0.29, 0.717) is 18.2 Å². The van der Waals surface area contributed by atoms with Crippen LogP contribution in [0.15, 0.2) is 18.2 Å². The summed E-state index contributed by atoms with van der Waals surface area (Å²) in [5.41, 5.74) is 0.521. The van der Waals surface area contributed by atoms with Gasteiger partial charge >= 0.3 is 0 Å². The van der Waals surface area contributed by atoms with Gasteiger partial charge in [0.1, 0.15) is 5.82 Å².